The predicted octanol–water partition coefficient (Wildman–Crippen LogP) is 5.11. The molecule has 1 aromatic heterocycles. The van der Waals surface area contributed by atoms with Crippen LogP contribution in [0.4, 0.5) is 0 Å². The summed E-state index contributed by atoms with van der Waals surface area (Å²) in [5, 5.41) is 5.57. The maximum atomic E-state index is 13.8. The van der Waals surface area contributed by atoms with Crippen LogP contribution in [0.5, 0.6) is 0 Å². The molecule has 2 bridgehead atoms. The molecule has 1 aliphatic heterocycles. The Kier molecular flexibility index (Phi) is 5.39. The molecule has 1 saturated heterocycles. The van der Waals surface area contributed by atoms with E-state index in [2.05, 4.69) is 29.4 Å². The first-order valence-electron chi connectivity index (χ1n) is 13.4. The molecule has 3 aromatic carbocycles. The number of hydrazone groups is 1. The Bertz CT molecular complexity index is 1650. The molecule has 40 heavy (non-hydrogen) atoms. The molecule has 7 nitrogen and oxygen atoms in total. The highest BCUT2D eigenvalue weighted by Gasteiger charge is 2.61. The van der Waals surface area contributed by atoms with Crippen LogP contribution in [0.3, 0.4) is 0 Å². The average molecular weight is 530 g/mol. The van der Waals surface area contributed by atoms with Crippen LogP contribution in [0, 0.1) is 25.7 Å². The standard InChI is InChI=1S/C33H27N3O4/c1-18-16-20(19(2)35(18)26-15-9-8-14-25(26)33(39)40-3)17-34-36-31(37)29-27-21-10-4-5-11-22(21)28(30(29)32(36)38)24-13-7-6-12-23(24)27/h4-17,27-30H,1-3H3/b34-17-/t27?,28?,29-,30+. The normalized spacial score (nSPS) is 22.4. The smallest absolute Gasteiger partial charge is 0.339 e. The van der Waals surface area contributed by atoms with Gasteiger partial charge < -0.3 is 9.30 Å². The summed E-state index contributed by atoms with van der Waals surface area (Å²) in [4.78, 5) is 40.1. The van der Waals surface area contributed by atoms with Gasteiger partial charge in [0.25, 0.3) is 11.8 Å². The van der Waals surface area contributed by atoms with Crippen molar-refractivity contribution in [1.29, 1.82) is 0 Å². The van der Waals surface area contributed by atoms with Crippen molar-refractivity contribution in [2.75, 3.05) is 7.11 Å². The minimum Gasteiger partial charge on any atom is -0.465 e. The molecule has 2 amide bonds. The first kappa shape index (κ1) is 24.3. The number of aromatic nitrogens is 1. The molecule has 0 spiro atoms. The van der Waals surface area contributed by atoms with Crippen molar-refractivity contribution < 1.29 is 19.1 Å². The number of ether oxygens (including phenoxy) is 1. The lowest BCUT2D eigenvalue weighted by Gasteiger charge is -2.45. The summed E-state index contributed by atoms with van der Waals surface area (Å²) >= 11 is 0. The SMILES string of the molecule is COC(=O)c1ccccc1-n1c(C)cc(/C=N\N2C(=O)[C@@H]3C4c5ccccc5C(c5ccccc54)[C@@H]3C2=O)c1C. The molecule has 7 heteroatoms. The van der Waals surface area contributed by atoms with Gasteiger partial charge in [0.15, 0.2) is 0 Å². The second-order valence-corrected chi connectivity index (χ2v) is 10.7. The van der Waals surface area contributed by atoms with E-state index in [9.17, 15) is 14.4 Å². The zero-order valence-electron chi connectivity index (χ0n) is 22.4. The van der Waals surface area contributed by atoms with Crippen LogP contribution in [0.2, 0.25) is 0 Å². The fraction of sp³-hybridized carbons (Fsp3) is 0.212. The van der Waals surface area contributed by atoms with Gasteiger partial charge in [-0.05, 0) is 54.3 Å². The van der Waals surface area contributed by atoms with E-state index < -0.39 is 17.8 Å². The Morgan fingerprint density at radius 3 is 1.82 bits per heavy atom. The number of nitrogens with zero attached hydrogens (tertiary/aromatic N) is 3. The molecule has 0 radical (unpaired) electrons. The van der Waals surface area contributed by atoms with Crippen molar-refractivity contribution in [2.45, 2.75) is 25.7 Å². The van der Waals surface area contributed by atoms with Crippen LogP contribution in [-0.4, -0.2) is 40.7 Å². The molecule has 0 saturated carbocycles. The maximum absolute atomic E-state index is 13.8. The molecule has 4 aliphatic rings. The van der Waals surface area contributed by atoms with Crippen molar-refractivity contribution in [3.05, 3.63) is 124 Å². The molecule has 2 atom stereocenters. The van der Waals surface area contributed by atoms with Crippen molar-refractivity contribution in [1.82, 2.24) is 9.58 Å². The third kappa shape index (κ3) is 3.24. The second kappa shape index (κ2) is 8.88. The van der Waals surface area contributed by atoms with Crippen molar-refractivity contribution in [3.8, 4) is 5.69 Å². The van der Waals surface area contributed by atoms with Gasteiger partial charge in [-0.2, -0.15) is 10.1 Å². The number of carbonyl (C=O) groups is 3. The molecule has 2 heterocycles. The summed E-state index contributed by atoms with van der Waals surface area (Å²) in [5.41, 5.74) is 8.12. The number of benzene rings is 3. The van der Waals surface area contributed by atoms with Crippen LogP contribution in [0.25, 0.3) is 5.69 Å². The largest absolute Gasteiger partial charge is 0.465 e. The minimum atomic E-state index is -0.473. The Hall–Kier alpha value is -4.78. The lowest BCUT2D eigenvalue weighted by molar-refractivity contribution is -0.139. The fourth-order valence-electron chi connectivity index (χ4n) is 7.14. The average Bonchev–Trinajstić information content (AvgIpc) is 3.41. The van der Waals surface area contributed by atoms with E-state index in [-0.39, 0.29) is 23.7 Å². The monoisotopic (exact) mass is 529 g/mol. The Labute approximate surface area is 231 Å². The molecule has 0 unspecified atom stereocenters. The highest BCUT2D eigenvalue weighted by molar-refractivity contribution is 6.08. The number of para-hydroxylation sites is 1. The first-order chi connectivity index (χ1) is 19.4. The summed E-state index contributed by atoms with van der Waals surface area (Å²) in [7, 11) is 1.36. The number of hydrogen-bond acceptors (Lipinski definition) is 5. The highest BCUT2D eigenvalue weighted by atomic mass is 16.5. The number of hydrogen-bond donors (Lipinski definition) is 0. The number of methoxy groups -OCH3 is 1. The lowest BCUT2D eigenvalue weighted by atomic mass is 9.55. The Morgan fingerprint density at radius 2 is 1.30 bits per heavy atom. The van der Waals surface area contributed by atoms with E-state index in [4.69, 9.17) is 4.74 Å². The minimum absolute atomic E-state index is 0.168. The molecule has 1 fully saturated rings. The first-order valence-corrected chi connectivity index (χ1v) is 13.4. The number of carbonyl (C=O) groups excluding carboxylic acids is 3. The van der Waals surface area contributed by atoms with Gasteiger partial charge in [-0.15, -0.1) is 0 Å². The third-order valence-electron chi connectivity index (χ3n) is 8.76. The zero-order valence-corrected chi connectivity index (χ0v) is 22.4. The van der Waals surface area contributed by atoms with Crippen LogP contribution in [-0.2, 0) is 14.3 Å². The van der Waals surface area contributed by atoms with Gasteiger partial charge in [0.05, 0.1) is 36.4 Å². The van der Waals surface area contributed by atoms with Crippen molar-refractivity contribution in [2.24, 2.45) is 16.9 Å². The summed E-state index contributed by atoms with van der Waals surface area (Å²) in [6.07, 6.45) is 1.58. The number of esters is 1. The molecular formula is C33H27N3O4. The summed E-state index contributed by atoms with van der Waals surface area (Å²) < 4.78 is 6.93. The van der Waals surface area contributed by atoms with Crippen molar-refractivity contribution in [3.63, 3.8) is 0 Å². The fourth-order valence-corrected chi connectivity index (χ4v) is 7.14. The van der Waals surface area contributed by atoms with Gasteiger partial charge in [-0.1, -0.05) is 60.7 Å². The van der Waals surface area contributed by atoms with Crippen LogP contribution >= 0.6 is 0 Å². The second-order valence-electron chi connectivity index (χ2n) is 10.7. The maximum Gasteiger partial charge on any atom is 0.339 e. The van der Waals surface area contributed by atoms with Gasteiger partial charge in [-0.25, -0.2) is 4.79 Å². The van der Waals surface area contributed by atoms with Gasteiger partial charge in [0.2, 0.25) is 0 Å². The molecule has 198 valence electrons. The molecular weight excluding hydrogens is 502 g/mol. The van der Waals surface area contributed by atoms with E-state index in [0.29, 0.717) is 11.3 Å². The number of amides is 2. The van der Waals surface area contributed by atoms with E-state index in [1.54, 1.807) is 18.3 Å². The molecule has 3 aliphatic carbocycles. The summed E-state index contributed by atoms with van der Waals surface area (Å²) in [5.74, 6) is -2.22. The molecule has 8 rings (SSSR count). The number of imide groups is 1. The predicted molar refractivity (Wildman–Crippen MR) is 150 cm³/mol. The van der Waals surface area contributed by atoms with Crippen LogP contribution in [0.1, 0.15) is 61.4 Å². The van der Waals surface area contributed by atoms with Crippen LogP contribution < -0.4 is 0 Å². The van der Waals surface area contributed by atoms with Crippen molar-refractivity contribution >= 4 is 24.0 Å². The topological polar surface area (TPSA) is 81.0 Å². The van der Waals surface area contributed by atoms with E-state index >= 15 is 0 Å². The Balaban J connectivity index is 1.26. The highest BCUT2D eigenvalue weighted by Crippen LogP contribution is 2.60. The van der Waals surface area contributed by atoms with Crippen LogP contribution in [0.15, 0.2) is 84.0 Å². The Morgan fingerprint density at radius 1 is 0.800 bits per heavy atom. The quantitative estimate of drug-likeness (QED) is 0.209. The summed E-state index contributed by atoms with van der Waals surface area (Å²) in [6, 6.07) is 25.5. The van der Waals surface area contributed by atoms with Gasteiger partial charge >= 0.3 is 5.97 Å². The number of rotatable bonds is 4. The zero-order chi connectivity index (χ0) is 27.7. The summed E-state index contributed by atoms with van der Waals surface area (Å²) in [6.45, 7) is 3.86. The van der Waals surface area contributed by atoms with Gasteiger partial charge in [-0.3, -0.25) is 9.59 Å². The molecule has 4 aromatic rings. The van der Waals surface area contributed by atoms with E-state index in [1.165, 1.54) is 7.11 Å². The van der Waals surface area contributed by atoms with Gasteiger partial charge in [0.1, 0.15) is 0 Å². The number of aryl methyl sites for hydroxylation is 1. The van der Waals surface area contributed by atoms with E-state index in [0.717, 1.165) is 44.2 Å². The van der Waals surface area contributed by atoms with Gasteiger partial charge in [0, 0.05) is 28.8 Å². The lowest BCUT2D eigenvalue weighted by Crippen LogP contribution is -2.41. The third-order valence-corrected chi connectivity index (χ3v) is 8.76. The molecule has 0 N–H and O–H groups in total. The van der Waals surface area contributed by atoms with E-state index in [1.807, 2.05) is 60.9 Å².